The Labute approximate surface area is 152 Å². The van der Waals surface area contributed by atoms with Gasteiger partial charge in [-0.25, -0.2) is 0 Å². The van der Waals surface area contributed by atoms with E-state index in [1.54, 1.807) is 30.2 Å². The number of nitrogens with zero attached hydrogens (tertiary/aromatic N) is 1. The zero-order valence-electron chi connectivity index (χ0n) is 14.9. The summed E-state index contributed by atoms with van der Waals surface area (Å²) in [5.41, 5.74) is 1.27. The van der Waals surface area contributed by atoms with Gasteiger partial charge in [-0.3, -0.25) is 9.59 Å². The summed E-state index contributed by atoms with van der Waals surface area (Å²) in [6, 6.07) is 14.2. The molecule has 2 aromatic carbocycles. The van der Waals surface area contributed by atoms with Crippen LogP contribution in [0.4, 0.5) is 5.69 Å². The van der Waals surface area contributed by atoms with E-state index in [1.807, 2.05) is 37.3 Å². The van der Waals surface area contributed by atoms with Crippen LogP contribution in [0.25, 0.3) is 0 Å². The summed E-state index contributed by atoms with van der Waals surface area (Å²) < 4.78 is 10.6. The van der Waals surface area contributed by atoms with E-state index < -0.39 is 0 Å². The van der Waals surface area contributed by atoms with Crippen molar-refractivity contribution >= 4 is 17.5 Å². The number of hydrogen-bond acceptors (Lipinski definition) is 4. The molecule has 0 aromatic heterocycles. The molecule has 1 aliphatic rings. The minimum absolute atomic E-state index is 0.0152. The second-order valence-electron chi connectivity index (χ2n) is 6.01. The highest BCUT2D eigenvalue weighted by atomic mass is 16.5. The molecule has 1 heterocycles. The molecule has 1 unspecified atom stereocenters. The standard InChI is InChI=1S/C20H22N2O4/c1-3-26-18-7-5-4-6-17(18)20(24)21-14-12-19(23)22(13-14)15-8-10-16(25-2)11-9-15/h4-11,14H,3,12-13H2,1-2H3,(H,21,24). The summed E-state index contributed by atoms with van der Waals surface area (Å²) >= 11 is 0. The van der Waals surface area contributed by atoms with Crippen molar-refractivity contribution in [1.82, 2.24) is 5.32 Å². The number of benzene rings is 2. The van der Waals surface area contributed by atoms with Gasteiger partial charge in [-0.05, 0) is 43.3 Å². The quantitative estimate of drug-likeness (QED) is 0.866. The summed E-state index contributed by atoms with van der Waals surface area (Å²) in [5, 5.41) is 2.94. The molecular weight excluding hydrogens is 332 g/mol. The van der Waals surface area contributed by atoms with Gasteiger partial charge in [-0.2, -0.15) is 0 Å². The van der Waals surface area contributed by atoms with E-state index in [1.165, 1.54) is 0 Å². The van der Waals surface area contributed by atoms with Crippen LogP contribution in [0.3, 0.4) is 0 Å². The number of hydrogen-bond donors (Lipinski definition) is 1. The van der Waals surface area contributed by atoms with Crippen molar-refractivity contribution in [1.29, 1.82) is 0 Å². The van der Waals surface area contributed by atoms with Crippen LogP contribution in [0.5, 0.6) is 11.5 Å². The summed E-state index contributed by atoms with van der Waals surface area (Å²) in [5.74, 6) is 1.03. The number of anilines is 1. The molecule has 136 valence electrons. The predicted molar refractivity (Wildman–Crippen MR) is 98.8 cm³/mol. The molecule has 1 atom stereocenters. The van der Waals surface area contributed by atoms with Crippen LogP contribution in [0.1, 0.15) is 23.7 Å². The van der Waals surface area contributed by atoms with Crippen molar-refractivity contribution in [2.75, 3.05) is 25.2 Å². The molecule has 2 amide bonds. The maximum absolute atomic E-state index is 12.6. The van der Waals surface area contributed by atoms with E-state index in [4.69, 9.17) is 9.47 Å². The van der Waals surface area contributed by atoms with Crippen molar-refractivity contribution in [2.45, 2.75) is 19.4 Å². The Bertz CT molecular complexity index is 789. The third-order valence-electron chi connectivity index (χ3n) is 4.28. The average molecular weight is 354 g/mol. The maximum atomic E-state index is 12.6. The van der Waals surface area contributed by atoms with Gasteiger partial charge in [0, 0.05) is 18.7 Å². The van der Waals surface area contributed by atoms with Gasteiger partial charge in [0.25, 0.3) is 5.91 Å². The minimum Gasteiger partial charge on any atom is -0.497 e. The van der Waals surface area contributed by atoms with Crippen molar-refractivity contribution in [2.24, 2.45) is 0 Å². The highest BCUT2D eigenvalue weighted by molar-refractivity contribution is 6.00. The molecule has 0 bridgehead atoms. The van der Waals surface area contributed by atoms with Crippen LogP contribution in [-0.2, 0) is 4.79 Å². The fourth-order valence-corrected chi connectivity index (χ4v) is 3.01. The van der Waals surface area contributed by atoms with Crippen LogP contribution in [0.15, 0.2) is 48.5 Å². The number of methoxy groups -OCH3 is 1. The van der Waals surface area contributed by atoms with Crippen molar-refractivity contribution in [3.8, 4) is 11.5 Å². The molecule has 6 nitrogen and oxygen atoms in total. The molecule has 1 saturated heterocycles. The van der Waals surface area contributed by atoms with Crippen LogP contribution >= 0.6 is 0 Å². The summed E-state index contributed by atoms with van der Waals surface area (Å²) in [6.45, 7) is 2.79. The zero-order chi connectivity index (χ0) is 18.5. The van der Waals surface area contributed by atoms with Crippen LogP contribution in [-0.4, -0.2) is 38.1 Å². The Hall–Kier alpha value is -3.02. The number of rotatable bonds is 6. The molecule has 2 aromatic rings. The van der Waals surface area contributed by atoms with E-state index in [2.05, 4.69) is 5.32 Å². The molecule has 6 heteroatoms. The lowest BCUT2D eigenvalue weighted by molar-refractivity contribution is -0.117. The Kier molecular flexibility index (Phi) is 5.41. The smallest absolute Gasteiger partial charge is 0.255 e. The Morgan fingerprint density at radius 2 is 1.92 bits per heavy atom. The molecule has 26 heavy (non-hydrogen) atoms. The maximum Gasteiger partial charge on any atom is 0.255 e. The molecule has 0 aliphatic carbocycles. The zero-order valence-corrected chi connectivity index (χ0v) is 14.9. The third-order valence-corrected chi connectivity index (χ3v) is 4.28. The number of para-hydroxylation sites is 1. The third kappa shape index (κ3) is 3.79. The summed E-state index contributed by atoms with van der Waals surface area (Å²) in [6.07, 6.45) is 0.272. The van der Waals surface area contributed by atoms with Crippen LogP contribution < -0.4 is 19.7 Å². The highest BCUT2D eigenvalue weighted by Crippen LogP contribution is 2.25. The monoisotopic (exact) mass is 354 g/mol. The van der Waals surface area contributed by atoms with Gasteiger partial charge in [0.05, 0.1) is 25.3 Å². The summed E-state index contributed by atoms with van der Waals surface area (Å²) in [4.78, 5) is 26.6. The molecular formula is C20H22N2O4. The van der Waals surface area contributed by atoms with Gasteiger partial charge in [0.15, 0.2) is 0 Å². The van der Waals surface area contributed by atoms with Crippen molar-refractivity contribution in [3.05, 3.63) is 54.1 Å². The SMILES string of the molecule is CCOc1ccccc1C(=O)NC1CC(=O)N(c2ccc(OC)cc2)C1. The lowest BCUT2D eigenvalue weighted by atomic mass is 10.1. The van der Waals surface area contributed by atoms with E-state index in [9.17, 15) is 9.59 Å². The first-order chi connectivity index (χ1) is 12.6. The lowest BCUT2D eigenvalue weighted by Gasteiger charge is -2.18. The van der Waals surface area contributed by atoms with E-state index in [0.29, 0.717) is 24.5 Å². The first kappa shape index (κ1) is 17.8. The van der Waals surface area contributed by atoms with Crippen molar-refractivity contribution in [3.63, 3.8) is 0 Å². The fraction of sp³-hybridized carbons (Fsp3) is 0.300. The number of amides is 2. The molecule has 1 fully saturated rings. The predicted octanol–water partition coefficient (Wildman–Crippen LogP) is 2.63. The summed E-state index contributed by atoms with van der Waals surface area (Å²) in [7, 11) is 1.60. The number of ether oxygens (including phenoxy) is 2. The van der Waals surface area contributed by atoms with Gasteiger partial charge in [0.2, 0.25) is 5.91 Å². The van der Waals surface area contributed by atoms with Crippen molar-refractivity contribution < 1.29 is 19.1 Å². The van der Waals surface area contributed by atoms with Crippen LogP contribution in [0, 0.1) is 0 Å². The number of carbonyl (C=O) groups is 2. The van der Waals surface area contributed by atoms with Crippen LogP contribution in [0.2, 0.25) is 0 Å². The highest BCUT2D eigenvalue weighted by Gasteiger charge is 2.32. The van der Waals surface area contributed by atoms with Gasteiger partial charge >= 0.3 is 0 Å². The molecule has 0 saturated carbocycles. The molecule has 1 aliphatic heterocycles. The minimum atomic E-state index is -0.244. The number of carbonyl (C=O) groups excluding carboxylic acids is 2. The first-order valence-electron chi connectivity index (χ1n) is 8.59. The molecule has 3 rings (SSSR count). The Morgan fingerprint density at radius 3 is 2.62 bits per heavy atom. The van der Waals surface area contributed by atoms with E-state index >= 15 is 0 Å². The second-order valence-corrected chi connectivity index (χ2v) is 6.01. The lowest BCUT2D eigenvalue weighted by Crippen LogP contribution is -2.37. The van der Waals surface area contributed by atoms with Gasteiger partial charge in [0.1, 0.15) is 11.5 Å². The molecule has 0 radical (unpaired) electrons. The molecule has 1 N–H and O–H groups in total. The Balaban J connectivity index is 1.68. The second kappa shape index (κ2) is 7.91. The van der Waals surface area contributed by atoms with Gasteiger partial charge in [-0.15, -0.1) is 0 Å². The number of nitrogens with one attached hydrogen (secondary N) is 1. The van der Waals surface area contributed by atoms with Gasteiger partial charge < -0.3 is 19.7 Å². The first-order valence-corrected chi connectivity index (χ1v) is 8.59. The average Bonchev–Trinajstić information content (AvgIpc) is 3.02. The largest absolute Gasteiger partial charge is 0.497 e. The topological polar surface area (TPSA) is 67.9 Å². The normalized spacial score (nSPS) is 16.5. The van der Waals surface area contributed by atoms with E-state index in [0.717, 1.165) is 11.4 Å². The van der Waals surface area contributed by atoms with E-state index in [-0.39, 0.29) is 24.3 Å². The van der Waals surface area contributed by atoms with Gasteiger partial charge in [-0.1, -0.05) is 12.1 Å². The molecule has 0 spiro atoms. The fourth-order valence-electron chi connectivity index (χ4n) is 3.01. The Morgan fingerprint density at radius 1 is 1.19 bits per heavy atom.